The number of rotatable bonds is 7. The van der Waals surface area contributed by atoms with Crippen LogP contribution in [-0.2, 0) is 9.47 Å². The van der Waals surface area contributed by atoms with Crippen LogP contribution in [0.3, 0.4) is 0 Å². The van der Waals surface area contributed by atoms with Gasteiger partial charge in [-0.1, -0.05) is 6.92 Å². The van der Waals surface area contributed by atoms with Crippen molar-refractivity contribution in [2.24, 2.45) is 16.3 Å². The molecule has 6 heteroatoms. The summed E-state index contributed by atoms with van der Waals surface area (Å²) in [5.74, 6) is 6.13. The Bertz CT molecular complexity index is 265. The van der Waals surface area contributed by atoms with E-state index < -0.39 is 0 Å². The van der Waals surface area contributed by atoms with E-state index in [9.17, 15) is 0 Å². The van der Waals surface area contributed by atoms with E-state index in [1.54, 1.807) is 0 Å². The number of nitrogens with one attached hydrogen (secondary N) is 2. The standard InChI is InChI=1S/C13H28N4O2/c1-3-18-8-4-7-15-12(17-14)16-11-13(2)5-9-19-10-6-13/h3-11,14H2,1-2H3,(H2,15,16,17). The SMILES string of the molecule is CCOCCCNC(=NCC1(C)CCOCC1)NN. The molecule has 0 unspecified atom stereocenters. The van der Waals surface area contributed by atoms with E-state index in [2.05, 4.69) is 22.7 Å². The maximum absolute atomic E-state index is 5.47. The molecule has 1 fully saturated rings. The maximum atomic E-state index is 5.47. The zero-order chi connectivity index (χ0) is 14.0. The van der Waals surface area contributed by atoms with Crippen LogP contribution < -0.4 is 16.6 Å². The largest absolute Gasteiger partial charge is 0.382 e. The Morgan fingerprint density at radius 3 is 2.79 bits per heavy atom. The smallest absolute Gasteiger partial charge is 0.205 e. The van der Waals surface area contributed by atoms with E-state index in [4.69, 9.17) is 15.3 Å². The number of hydrogen-bond acceptors (Lipinski definition) is 4. The summed E-state index contributed by atoms with van der Waals surface area (Å²) in [6.45, 7) is 9.01. The van der Waals surface area contributed by atoms with Crippen LogP contribution in [-0.4, -0.2) is 45.5 Å². The molecular formula is C13H28N4O2. The highest BCUT2D eigenvalue weighted by Crippen LogP contribution is 2.29. The first-order chi connectivity index (χ1) is 9.20. The van der Waals surface area contributed by atoms with Crippen LogP contribution in [0.4, 0.5) is 0 Å². The van der Waals surface area contributed by atoms with Crippen LogP contribution in [0.2, 0.25) is 0 Å². The third-order valence-electron chi connectivity index (χ3n) is 3.42. The normalized spacial score (nSPS) is 19.2. The summed E-state index contributed by atoms with van der Waals surface area (Å²) in [5, 5.41) is 3.19. The highest BCUT2D eigenvalue weighted by Gasteiger charge is 2.27. The van der Waals surface area contributed by atoms with E-state index in [-0.39, 0.29) is 5.41 Å². The molecule has 19 heavy (non-hydrogen) atoms. The predicted octanol–water partition coefficient (Wildman–Crippen LogP) is 0.639. The minimum Gasteiger partial charge on any atom is -0.382 e. The zero-order valence-corrected chi connectivity index (χ0v) is 12.2. The minimum absolute atomic E-state index is 0.230. The lowest BCUT2D eigenvalue weighted by molar-refractivity contribution is 0.0283. The fraction of sp³-hybridized carbons (Fsp3) is 0.923. The van der Waals surface area contributed by atoms with Crippen molar-refractivity contribution in [1.29, 1.82) is 0 Å². The van der Waals surface area contributed by atoms with Gasteiger partial charge in [-0.05, 0) is 31.6 Å². The topological polar surface area (TPSA) is 80.9 Å². The first-order valence-corrected chi connectivity index (χ1v) is 7.10. The minimum atomic E-state index is 0.230. The molecule has 0 saturated carbocycles. The van der Waals surface area contributed by atoms with Gasteiger partial charge >= 0.3 is 0 Å². The van der Waals surface area contributed by atoms with Crippen molar-refractivity contribution in [1.82, 2.24) is 10.7 Å². The molecule has 0 radical (unpaired) electrons. The molecule has 6 nitrogen and oxygen atoms in total. The fourth-order valence-electron chi connectivity index (χ4n) is 1.97. The van der Waals surface area contributed by atoms with Crippen molar-refractivity contribution in [2.75, 3.05) is 39.5 Å². The Morgan fingerprint density at radius 2 is 2.16 bits per heavy atom. The third kappa shape index (κ3) is 6.75. The molecule has 112 valence electrons. The quantitative estimate of drug-likeness (QED) is 0.208. The molecule has 1 aliphatic rings. The van der Waals surface area contributed by atoms with Crippen LogP contribution >= 0.6 is 0 Å². The van der Waals surface area contributed by atoms with Gasteiger partial charge < -0.3 is 14.8 Å². The van der Waals surface area contributed by atoms with Crippen molar-refractivity contribution in [3.05, 3.63) is 0 Å². The van der Waals surface area contributed by atoms with Gasteiger partial charge in [-0.3, -0.25) is 10.4 Å². The molecule has 1 heterocycles. The Balaban J connectivity index is 2.26. The summed E-state index contributed by atoms with van der Waals surface area (Å²) < 4.78 is 10.7. The molecule has 4 N–H and O–H groups in total. The summed E-state index contributed by atoms with van der Waals surface area (Å²) in [7, 11) is 0. The number of ether oxygens (including phenoxy) is 2. The molecular weight excluding hydrogens is 244 g/mol. The summed E-state index contributed by atoms with van der Waals surface area (Å²) in [6, 6.07) is 0. The Kier molecular flexibility index (Phi) is 7.78. The monoisotopic (exact) mass is 272 g/mol. The number of nitrogens with two attached hydrogens (primary N) is 1. The second kappa shape index (κ2) is 9.12. The van der Waals surface area contributed by atoms with E-state index in [1.807, 2.05) is 6.92 Å². The fourth-order valence-corrected chi connectivity index (χ4v) is 1.97. The average Bonchev–Trinajstić information content (AvgIpc) is 2.43. The van der Waals surface area contributed by atoms with Gasteiger partial charge in [0.25, 0.3) is 0 Å². The van der Waals surface area contributed by atoms with E-state index >= 15 is 0 Å². The second-order valence-electron chi connectivity index (χ2n) is 5.21. The number of hydrogen-bond donors (Lipinski definition) is 3. The summed E-state index contributed by atoms with van der Waals surface area (Å²) in [6.07, 6.45) is 3.05. The highest BCUT2D eigenvalue weighted by atomic mass is 16.5. The van der Waals surface area contributed by atoms with Crippen molar-refractivity contribution in [2.45, 2.75) is 33.1 Å². The van der Waals surface area contributed by atoms with E-state index in [0.717, 1.165) is 58.8 Å². The van der Waals surface area contributed by atoms with Gasteiger partial charge in [0.05, 0.1) is 0 Å². The molecule has 0 atom stereocenters. The lowest BCUT2D eigenvalue weighted by Gasteiger charge is -2.32. The molecule has 0 aliphatic carbocycles. The van der Waals surface area contributed by atoms with Crippen LogP contribution in [0, 0.1) is 5.41 Å². The second-order valence-corrected chi connectivity index (χ2v) is 5.21. The van der Waals surface area contributed by atoms with Crippen LogP contribution in [0.15, 0.2) is 4.99 Å². The number of hydrazine groups is 1. The molecule has 0 spiro atoms. The van der Waals surface area contributed by atoms with Gasteiger partial charge in [-0.25, -0.2) is 5.84 Å². The highest BCUT2D eigenvalue weighted by molar-refractivity contribution is 5.79. The van der Waals surface area contributed by atoms with Gasteiger partial charge in [0.1, 0.15) is 0 Å². The average molecular weight is 272 g/mol. The van der Waals surface area contributed by atoms with Crippen LogP contribution in [0.1, 0.15) is 33.1 Å². The van der Waals surface area contributed by atoms with Crippen molar-refractivity contribution in [3.63, 3.8) is 0 Å². The van der Waals surface area contributed by atoms with Crippen LogP contribution in [0.25, 0.3) is 0 Å². The summed E-state index contributed by atoms with van der Waals surface area (Å²) >= 11 is 0. The Morgan fingerprint density at radius 1 is 1.42 bits per heavy atom. The molecule has 0 aromatic rings. The van der Waals surface area contributed by atoms with E-state index in [1.165, 1.54) is 0 Å². The van der Waals surface area contributed by atoms with E-state index in [0.29, 0.717) is 5.96 Å². The van der Waals surface area contributed by atoms with Gasteiger partial charge in [0, 0.05) is 39.5 Å². The van der Waals surface area contributed by atoms with Gasteiger partial charge in [0.2, 0.25) is 5.96 Å². The predicted molar refractivity (Wildman–Crippen MR) is 76.9 cm³/mol. The number of aliphatic imine (C=N–C) groups is 1. The van der Waals surface area contributed by atoms with Gasteiger partial charge in [-0.15, -0.1) is 0 Å². The van der Waals surface area contributed by atoms with Gasteiger partial charge in [0.15, 0.2) is 0 Å². The van der Waals surface area contributed by atoms with Crippen molar-refractivity contribution < 1.29 is 9.47 Å². The maximum Gasteiger partial charge on any atom is 0.205 e. The Labute approximate surface area is 116 Å². The summed E-state index contributed by atoms with van der Waals surface area (Å²) in [4.78, 5) is 4.53. The van der Waals surface area contributed by atoms with Crippen LogP contribution in [0.5, 0.6) is 0 Å². The molecule has 0 amide bonds. The first-order valence-electron chi connectivity index (χ1n) is 7.10. The molecule has 1 rings (SSSR count). The lowest BCUT2D eigenvalue weighted by atomic mass is 9.83. The lowest BCUT2D eigenvalue weighted by Crippen LogP contribution is -2.43. The van der Waals surface area contributed by atoms with Crippen molar-refractivity contribution >= 4 is 5.96 Å². The Hall–Kier alpha value is -0.850. The van der Waals surface area contributed by atoms with Gasteiger partial charge in [-0.2, -0.15) is 0 Å². The number of guanidine groups is 1. The molecule has 1 saturated heterocycles. The zero-order valence-electron chi connectivity index (χ0n) is 12.2. The number of nitrogens with zero attached hydrogens (tertiary/aromatic N) is 1. The molecule has 1 aliphatic heterocycles. The van der Waals surface area contributed by atoms with Crippen molar-refractivity contribution in [3.8, 4) is 0 Å². The first kappa shape index (κ1) is 16.2. The molecule has 0 bridgehead atoms. The third-order valence-corrected chi connectivity index (χ3v) is 3.42. The molecule has 0 aromatic heterocycles. The summed E-state index contributed by atoms with van der Waals surface area (Å²) in [5.41, 5.74) is 2.85. The molecule has 0 aromatic carbocycles.